The molecule has 4 rings (SSSR count). The Labute approximate surface area is 182 Å². The van der Waals surface area contributed by atoms with Crippen molar-refractivity contribution in [3.05, 3.63) is 64.0 Å². The van der Waals surface area contributed by atoms with Crippen molar-refractivity contribution in [2.75, 3.05) is 26.3 Å². The van der Waals surface area contributed by atoms with Crippen LogP contribution in [0.5, 0.6) is 0 Å². The number of hydrogen-bond acceptors (Lipinski definition) is 6. The van der Waals surface area contributed by atoms with Crippen molar-refractivity contribution in [2.45, 2.75) is 18.4 Å². The van der Waals surface area contributed by atoms with E-state index in [0.717, 1.165) is 11.2 Å². The minimum absolute atomic E-state index is 0.0123. The largest absolute Gasteiger partial charge is 0.456 e. The SMILES string of the molecule is Cc1cccn2cc(COC(=O)c3ccc(Br)c(S(=O)(=O)N4CCOCC4)c3)nc12. The first-order valence-electron chi connectivity index (χ1n) is 9.34. The first kappa shape index (κ1) is 21.0. The second-order valence-electron chi connectivity index (χ2n) is 6.89. The molecule has 1 aliphatic rings. The van der Waals surface area contributed by atoms with Crippen molar-refractivity contribution in [3.8, 4) is 0 Å². The van der Waals surface area contributed by atoms with Gasteiger partial charge in [0.15, 0.2) is 0 Å². The number of carbonyl (C=O) groups excluding carboxylic acids is 1. The lowest BCUT2D eigenvalue weighted by atomic mass is 10.2. The molecule has 1 saturated heterocycles. The minimum atomic E-state index is -3.75. The number of ether oxygens (including phenoxy) is 2. The quantitative estimate of drug-likeness (QED) is 0.507. The molecule has 1 aliphatic heterocycles. The average Bonchev–Trinajstić information content (AvgIpc) is 3.17. The van der Waals surface area contributed by atoms with Crippen molar-refractivity contribution in [3.63, 3.8) is 0 Å². The van der Waals surface area contributed by atoms with Crippen LogP contribution in [0.15, 0.2) is 52.1 Å². The molecule has 0 aliphatic carbocycles. The summed E-state index contributed by atoms with van der Waals surface area (Å²) in [6.45, 7) is 3.18. The Bertz CT molecular complexity index is 1200. The third kappa shape index (κ3) is 4.13. The summed E-state index contributed by atoms with van der Waals surface area (Å²) in [5.41, 5.74) is 2.58. The zero-order chi connectivity index (χ0) is 21.3. The second kappa shape index (κ2) is 8.46. The molecule has 1 fully saturated rings. The molecule has 0 radical (unpaired) electrons. The van der Waals surface area contributed by atoms with E-state index in [9.17, 15) is 13.2 Å². The highest BCUT2D eigenvalue weighted by Gasteiger charge is 2.29. The molecule has 3 aromatic rings. The molecule has 30 heavy (non-hydrogen) atoms. The molecule has 0 saturated carbocycles. The standard InChI is InChI=1S/C20H20BrN3O5S/c1-14-3-2-6-23-12-16(22-19(14)23)13-29-20(25)15-4-5-17(21)18(11-15)30(26,27)24-7-9-28-10-8-24/h2-6,11-12H,7-10,13H2,1H3. The summed E-state index contributed by atoms with van der Waals surface area (Å²) < 4.78 is 40.2. The van der Waals surface area contributed by atoms with Gasteiger partial charge in [0.25, 0.3) is 0 Å². The van der Waals surface area contributed by atoms with Crippen LogP contribution in [0.2, 0.25) is 0 Å². The zero-order valence-corrected chi connectivity index (χ0v) is 18.6. The van der Waals surface area contributed by atoms with Crippen LogP contribution < -0.4 is 0 Å². The fourth-order valence-corrected chi connectivity index (χ4v) is 5.61. The topological polar surface area (TPSA) is 90.2 Å². The predicted molar refractivity (Wildman–Crippen MR) is 113 cm³/mol. The number of hydrogen-bond donors (Lipinski definition) is 0. The summed E-state index contributed by atoms with van der Waals surface area (Å²) >= 11 is 3.28. The summed E-state index contributed by atoms with van der Waals surface area (Å²) in [6.07, 6.45) is 3.67. The number of morpholine rings is 1. The third-order valence-electron chi connectivity index (χ3n) is 4.83. The number of fused-ring (bicyclic) bond motifs is 1. The molecule has 0 N–H and O–H groups in total. The molecule has 1 aromatic carbocycles. The summed E-state index contributed by atoms with van der Waals surface area (Å²) in [7, 11) is -3.75. The van der Waals surface area contributed by atoms with Crippen molar-refractivity contribution < 1.29 is 22.7 Å². The van der Waals surface area contributed by atoms with Gasteiger partial charge >= 0.3 is 5.97 Å². The third-order valence-corrected chi connectivity index (χ3v) is 7.73. The Kier molecular flexibility index (Phi) is 5.92. The number of pyridine rings is 1. The molecule has 3 heterocycles. The number of aryl methyl sites for hydroxylation is 1. The Morgan fingerprint density at radius 2 is 2.03 bits per heavy atom. The number of halogens is 1. The summed E-state index contributed by atoms with van der Waals surface area (Å²) in [5, 5.41) is 0. The van der Waals surface area contributed by atoms with Gasteiger partial charge in [-0.25, -0.2) is 18.2 Å². The van der Waals surface area contributed by atoms with E-state index in [1.54, 1.807) is 6.20 Å². The maximum Gasteiger partial charge on any atom is 0.338 e. The van der Waals surface area contributed by atoms with Gasteiger partial charge in [-0.2, -0.15) is 4.31 Å². The van der Waals surface area contributed by atoms with Crippen LogP contribution in [0, 0.1) is 6.92 Å². The van der Waals surface area contributed by atoms with Crippen molar-refractivity contribution in [1.82, 2.24) is 13.7 Å². The van der Waals surface area contributed by atoms with Gasteiger partial charge < -0.3 is 13.9 Å². The van der Waals surface area contributed by atoms with E-state index in [4.69, 9.17) is 9.47 Å². The van der Waals surface area contributed by atoms with E-state index in [1.165, 1.54) is 22.5 Å². The maximum absolute atomic E-state index is 13.0. The van der Waals surface area contributed by atoms with Crippen LogP contribution in [-0.4, -0.2) is 54.4 Å². The lowest BCUT2D eigenvalue weighted by molar-refractivity contribution is 0.0468. The Balaban J connectivity index is 1.52. The highest BCUT2D eigenvalue weighted by atomic mass is 79.9. The van der Waals surface area contributed by atoms with E-state index in [1.807, 2.05) is 29.7 Å². The maximum atomic E-state index is 13.0. The monoisotopic (exact) mass is 493 g/mol. The number of benzene rings is 1. The van der Waals surface area contributed by atoms with Gasteiger partial charge in [-0.05, 0) is 52.7 Å². The van der Waals surface area contributed by atoms with Crippen molar-refractivity contribution in [1.29, 1.82) is 0 Å². The molecule has 0 spiro atoms. The number of aromatic nitrogens is 2. The van der Waals surface area contributed by atoms with Crippen LogP contribution in [0.4, 0.5) is 0 Å². The molecular formula is C20H20BrN3O5S. The summed E-state index contributed by atoms with van der Waals surface area (Å²) in [5.74, 6) is -0.616. The molecule has 2 aromatic heterocycles. The van der Waals surface area contributed by atoms with Gasteiger partial charge in [0.1, 0.15) is 12.3 Å². The first-order chi connectivity index (χ1) is 14.4. The van der Waals surface area contributed by atoms with Gasteiger partial charge in [0.05, 0.1) is 29.4 Å². The average molecular weight is 494 g/mol. The number of rotatable bonds is 5. The lowest BCUT2D eigenvalue weighted by Crippen LogP contribution is -2.40. The van der Waals surface area contributed by atoms with Gasteiger partial charge in [-0.1, -0.05) is 6.07 Å². The highest BCUT2D eigenvalue weighted by Crippen LogP contribution is 2.27. The number of sulfonamides is 1. The number of carbonyl (C=O) groups is 1. The van der Waals surface area contributed by atoms with Gasteiger partial charge in [0, 0.05) is 30.0 Å². The number of imidazole rings is 1. The van der Waals surface area contributed by atoms with E-state index >= 15 is 0 Å². The molecule has 0 amide bonds. The molecule has 10 heteroatoms. The van der Waals surface area contributed by atoms with Crippen LogP contribution in [0.1, 0.15) is 21.6 Å². The van der Waals surface area contributed by atoms with E-state index in [0.29, 0.717) is 23.4 Å². The number of nitrogens with zero attached hydrogens (tertiary/aromatic N) is 3. The van der Waals surface area contributed by atoms with Crippen molar-refractivity contribution >= 4 is 37.6 Å². The Hall–Kier alpha value is -2.27. The van der Waals surface area contributed by atoms with Gasteiger partial charge in [-0.3, -0.25) is 0 Å². The molecule has 8 nitrogen and oxygen atoms in total. The lowest BCUT2D eigenvalue weighted by Gasteiger charge is -2.26. The van der Waals surface area contributed by atoms with E-state index in [-0.39, 0.29) is 30.2 Å². The first-order valence-corrected chi connectivity index (χ1v) is 11.6. The van der Waals surface area contributed by atoms with E-state index < -0.39 is 16.0 Å². The smallest absolute Gasteiger partial charge is 0.338 e. The fourth-order valence-electron chi connectivity index (χ4n) is 3.25. The van der Waals surface area contributed by atoms with Crippen LogP contribution in [-0.2, 0) is 26.1 Å². The van der Waals surface area contributed by atoms with Crippen LogP contribution in [0.3, 0.4) is 0 Å². The number of esters is 1. The molecule has 0 unspecified atom stereocenters. The van der Waals surface area contributed by atoms with Crippen LogP contribution >= 0.6 is 15.9 Å². The molecular weight excluding hydrogens is 474 g/mol. The van der Waals surface area contributed by atoms with Crippen LogP contribution in [0.25, 0.3) is 5.65 Å². The molecule has 0 bridgehead atoms. The normalized spacial score (nSPS) is 15.4. The Morgan fingerprint density at radius 1 is 1.27 bits per heavy atom. The summed E-state index contributed by atoms with van der Waals surface area (Å²) in [4.78, 5) is 17.1. The molecule has 158 valence electrons. The fraction of sp³-hybridized carbons (Fsp3) is 0.300. The van der Waals surface area contributed by atoms with E-state index in [2.05, 4.69) is 20.9 Å². The molecule has 0 atom stereocenters. The predicted octanol–water partition coefficient (Wildman–Crippen LogP) is 2.78. The highest BCUT2D eigenvalue weighted by molar-refractivity contribution is 9.10. The Morgan fingerprint density at radius 3 is 2.77 bits per heavy atom. The van der Waals surface area contributed by atoms with Gasteiger partial charge in [-0.15, -0.1) is 0 Å². The minimum Gasteiger partial charge on any atom is -0.456 e. The van der Waals surface area contributed by atoms with Gasteiger partial charge in [0.2, 0.25) is 10.0 Å². The second-order valence-corrected chi connectivity index (χ2v) is 9.65. The summed E-state index contributed by atoms with van der Waals surface area (Å²) in [6, 6.07) is 8.27. The zero-order valence-electron chi connectivity index (χ0n) is 16.2. The van der Waals surface area contributed by atoms with Crippen molar-refractivity contribution in [2.24, 2.45) is 0 Å².